The van der Waals surface area contributed by atoms with Gasteiger partial charge < -0.3 is 9.73 Å². The molecule has 2 aromatic heterocycles. The second-order valence-electron chi connectivity index (χ2n) is 4.40. The van der Waals surface area contributed by atoms with Crippen molar-refractivity contribution >= 4 is 39.1 Å². The molecular weight excluding hydrogens is 306 g/mol. The number of rotatable bonds is 5. The second-order valence-corrected chi connectivity index (χ2v) is 6.50. The largest absolute Gasteiger partial charge is 0.416 e. The van der Waals surface area contributed by atoms with Gasteiger partial charge >= 0.3 is 0 Å². The highest BCUT2D eigenvalue weighted by Crippen LogP contribution is 2.25. The maximum atomic E-state index is 11.8. The normalized spacial score (nSPS) is 10.9. The van der Waals surface area contributed by atoms with Gasteiger partial charge in [0.15, 0.2) is 0 Å². The first kappa shape index (κ1) is 14.1. The zero-order valence-corrected chi connectivity index (χ0v) is 13.0. The predicted octanol–water partition coefficient (Wildman–Crippen LogP) is 3.00. The fraction of sp³-hybridized carbons (Fsp3) is 0.214. The lowest BCUT2D eigenvalue weighted by Gasteiger charge is -2.01. The van der Waals surface area contributed by atoms with Crippen LogP contribution in [0.2, 0.25) is 0 Å². The van der Waals surface area contributed by atoms with Gasteiger partial charge in [0.2, 0.25) is 11.8 Å². The zero-order chi connectivity index (χ0) is 14.7. The first-order valence-electron chi connectivity index (χ1n) is 6.38. The molecule has 3 aromatic rings. The summed E-state index contributed by atoms with van der Waals surface area (Å²) in [6.07, 6.45) is 0. The van der Waals surface area contributed by atoms with Crippen molar-refractivity contribution < 1.29 is 9.21 Å². The number of benzene rings is 1. The Morgan fingerprint density at radius 3 is 3.00 bits per heavy atom. The molecule has 0 aliphatic carbocycles. The monoisotopic (exact) mass is 319 g/mol. The Hall–Kier alpha value is -1.86. The van der Waals surface area contributed by atoms with E-state index in [9.17, 15) is 4.79 Å². The number of nitrogens with zero attached hydrogens (tertiary/aromatic N) is 2. The summed E-state index contributed by atoms with van der Waals surface area (Å²) < 4.78 is 6.43. The SMILES string of the molecule is Cc1nnc(SCC(=O)NCc2cc3ccccc3s2)o1. The summed E-state index contributed by atoms with van der Waals surface area (Å²) >= 11 is 2.94. The third-order valence-corrected chi connectivity index (χ3v) is 4.71. The highest BCUT2D eigenvalue weighted by molar-refractivity contribution is 7.99. The van der Waals surface area contributed by atoms with Crippen molar-refractivity contribution in [2.45, 2.75) is 18.7 Å². The topological polar surface area (TPSA) is 68.0 Å². The Morgan fingerprint density at radius 1 is 1.38 bits per heavy atom. The molecule has 0 aliphatic rings. The van der Waals surface area contributed by atoms with Crippen LogP contribution < -0.4 is 5.32 Å². The van der Waals surface area contributed by atoms with E-state index in [0.29, 0.717) is 17.7 Å². The molecule has 0 saturated carbocycles. The lowest BCUT2D eigenvalue weighted by atomic mass is 10.2. The minimum atomic E-state index is -0.0479. The number of aryl methyl sites for hydroxylation is 1. The van der Waals surface area contributed by atoms with Crippen LogP contribution in [0, 0.1) is 6.92 Å². The first-order valence-corrected chi connectivity index (χ1v) is 8.18. The van der Waals surface area contributed by atoms with Gasteiger partial charge in [-0.3, -0.25) is 4.79 Å². The van der Waals surface area contributed by atoms with E-state index in [1.54, 1.807) is 18.3 Å². The fourth-order valence-electron chi connectivity index (χ4n) is 1.82. The quantitative estimate of drug-likeness (QED) is 0.732. The smallest absolute Gasteiger partial charge is 0.277 e. The molecule has 0 atom stereocenters. The van der Waals surface area contributed by atoms with Crippen molar-refractivity contribution in [2.24, 2.45) is 0 Å². The molecule has 2 heterocycles. The number of aromatic nitrogens is 2. The van der Waals surface area contributed by atoms with Gasteiger partial charge in [-0.05, 0) is 17.5 Å². The molecule has 0 radical (unpaired) electrons. The van der Waals surface area contributed by atoms with Crippen molar-refractivity contribution in [1.29, 1.82) is 0 Å². The van der Waals surface area contributed by atoms with Gasteiger partial charge in [0.1, 0.15) is 0 Å². The number of hydrogen-bond donors (Lipinski definition) is 1. The molecule has 0 aliphatic heterocycles. The molecule has 108 valence electrons. The number of fused-ring (bicyclic) bond motifs is 1. The van der Waals surface area contributed by atoms with Gasteiger partial charge in [0, 0.05) is 16.5 Å². The molecule has 0 fully saturated rings. The lowest BCUT2D eigenvalue weighted by molar-refractivity contribution is -0.118. The standard InChI is InChI=1S/C14H13N3O2S2/c1-9-16-17-14(19-9)20-8-13(18)15-7-11-6-10-4-2-3-5-12(10)21-11/h2-6H,7-8H2,1H3,(H,15,18). The van der Waals surface area contributed by atoms with Crippen molar-refractivity contribution in [1.82, 2.24) is 15.5 Å². The summed E-state index contributed by atoms with van der Waals surface area (Å²) in [5.74, 6) is 0.725. The van der Waals surface area contributed by atoms with Crippen LogP contribution in [0.25, 0.3) is 10.1 Å². The number of hydrogen-bond acceptors (Lipinski definition) is 6. The highest BCUT2D eigenvalue weighted by Gasteiger charge is 2.08. The van der Waals surface area contributed by atoms with Crippen LogP contribution in [0.15, 0.2) is 40.0 Å². The number of amides is 1. The molecule has 5 nitrogen and oxygen atoms in total. The van der Waals surface area contributed by atoms with E-state index in [1.807, 2.05) is 12.1 Å². The van der Waals surface area contributed by atoms with Gasteiger partial charge in [0.25, 0.3) is 5.22 Å². The maximum Gasteiger partial charge on any atom is 0.277 e. The third-order valence-electron chi connectivity index (χ3n) is 2.77. The van der Waals surface area contributed by atoms with Gasteiger partial charge in [-0.25, -0.2) is 0 Å². The van der Waals surface area contributed by atoms with Crippen molar-refractivity contribution in [2.75, 3.05) is 5.75 Å². The summed E-state index contributed by atoms with van der Waals surface area (Å²) in [5.41, 5.74) is 0. The van der Waals surface area contributed by atoms with Gasteiger partial charge in [-0.15, -0.1) is 21.5 Å². The Kier molecular flexibility index (Phi) is 4.21. The summed E-state index contributed by atoms with van der Waals surface area (Å²) in [5, 5.41) is 12.1. The van der Waals surface area contributed by atoms with Crippen LogP contribution in [0.1, 0.15) is 10.8 Å². The summed E-state index contributed by atoms with van der Waals surface area (Å²) in [7, 11) is 0. The molecule has 0 bridgehead atoms. The van der Waals surface area contributed by atoms with Crippen molar-refractivity contribution in [3.63, 3.8) is 0 Å². The minimum Gasteiger partial charge on any atom is -0.416 e. The van der Waals surface area contributed by atoms with Gasteiger partial charge in [-0.2, -0.15) is 0 Å². The minimum absolute atomic E-state index is 0.0479. The average Bonchev–Trinajstić information content (AvgIpc) is 3.08. The van der Waals surface area contributed by atoms with E-state index in [1.165, 1.54) is 21.8 Å². The fourth-order valence-corrected chi connectivity index (χ4v) is 3.46. The van der Waals surface area contributed by atoms with E-state index in [4.69, 9.17) is 4.42 Å². The van der Waals surface area contributed by atoms with E-state index in [-0.39, 0.29) is 11.7 Å². The Balaban J connectivity index is 1.51. The van der Waals surface area contributed by atoms with E-state index in [2.05, 4.69) is 33.7 Å². The van der Waals surface area contributed by atoms with E-state index < -0.39 is 0 Å². The van der Waals surface area contributed by atoms with Gasteiger partial charge in [-0.1, -0.05) is 30.0 Å². The third kappa shape index (κ3) is 3.62. The lowest BCUT2D eigenvalue weighted by Crippen LogP contribution is -2.24. The molecule has 21 heavy (non-hydrogen) atoms. The molecular formula is C14H13N3O2S2. The average molecular weight is 319 g/mol. The summed E-state index contributed by atoms with van der Waals surface area (Å²) in [6.45, 7) is 2.26. The Labute approximate surface area is 129 Å². The van der Waals surface area contributed by atoms with E-state index in [0.717, 1.165) is 4.88 Å². The Bertz CT molecular complexity index is 733. The van der Waals surface area contributed by atoms with Crippen molar-refractivity contribution in [3.8, 4) is 0 Å². The van der Waals surface area contributed by atoms with Crippen LogP contribution in [0.5, 0.6) is 0 Å². The maximum absolute atomic E-state index is 11.8. The van der Waals surface area contributed by atoms with Crippen LogP contribution in [0.3, 0.4) is 0 Å². The van der Waals surface area contributed by atoms with Gasteiger partial charge in [0.05, 0.1) is 12.3 Å². The molecule has 7 heteroatoms. The molecule has 1 aromatic carbocycles. The van der Waals surface area contributed by atoms with E-state index >= 15 is 0 Å². The molecule has 0 spiro atoms. The summed E-state index contributed by atoms with van der Waals surface area (Å²) in [6, 6.07) is 10.3. The van der Waals surface area contributed by atoms with Crippen LogP contribution in [0.4, 0.5) is 0 Å². The number of carbonyl (C=O) groups excluding carboxylic acids is 1. The first-order chi connectivity index (χ1) is 10.2. The number of thioether (sulfide) groups is 1. The molecule has 3 rings (SSSR count). The predicted molar refractivity (Wildman–Crippen MR) is 83.4 cm³/mol. The number of thiophene rings is 1. The second kappa shape index (κ2) is 6.28. The molecule has 1 N–H and O–H groups in total. The summed E-state index contributed by atoms with van der Waals surface area (Å²) in [4.78, 5) is 12.9. The van der Waals surface area contributed by atoms with Crippen LogP contribution in [-0.2, 0) is 11.3 Å². The molecule has 0 saturated heterocycles. The number of nitrogens with one attached hydrogen (secondary N) is 1. The molecule has 0 unspecified atom stereocenters. The zero-order valence-electron chi connectivity index (χ0n) is 11.3. The van der Waals surface area contributed by atoms with Crippen LogP contribution in [-0.4, -0.2) is 21.9 Å². The van der Waals surface area contributed by atoms with Crippen LogP contribution >= 0.6 is 23.1 Å². The Morgan fingerprint density at radius 2 is 2.24 bits per heavy atom. The highest BCUT2D eigenvalue weighted by atomic mass is 32.2. The number of carbonyl (C=O) groups is 1. The molecule has 1 amide bonds. The van der Waals surface area contributed by atoms with Crippen molar-refractivity contribution in [3.05, 3.63) is 41.1 Å².